The standard InChI is InChI=1S/C11H21NO/c1-8(2)9-3-4-10-11(7-9)13-6-5-12-10/h8-12H,3-7H2,1-2H3. The normalized spacial score (nSPS) is 40.4. The zero-order valence-corrected chi connectivity index (χ0v) is 8.75. The first-order valence-electron chi connectivity index (χ1n) is 5.62. The van der Waals surface area contributed by atoms with Crippen molar-refractivity contribution in [1.29, 1.82) is 0 Å². The Balaban J connectivity index is 1.91. The summed E-state index contributed by atoms with van der Waals surface area (Å²) in [5.74, 6) is 1.72. The molecule has 2 nitrogen and oxygen atoms in total. The summed E-state index contributed by atoms with van der Waals surface area (Å²) in [5.41, 5.74) is 0. The minimum absolute atomic E-state index is 0.509. The molecular formula is C11H21NO. The van der Waals surface area contributed by atoms with Gasteiger partial charge in [0, 0.05) is 12.6 Å². The third-order valence-electron chi connectivity index (χ3n) is 3.62. The van der Waals surface area contributed by atoms with Crippen LogP contribution in [0, 0.1) is 11.8 Å². The minimum atomic E-state index is 0.509. The van der Waals surface area contributed by atoms with Gasteiger partial charge in [0.15, 0.2) is 0 Å². The molecule has 13 heavy (non-hydrogen) atoms. The van der Waals surface area contributed by atoms with Crippen LogP contribution in [-0.2, 0) is 4.74 Å². The molecule has 1 aliphatic heterocycles. The van der Waals surface area contributed by atoms with Crippen molar-refractivity contribution in [1.82, 2.24) is 5.32 Å². The quantitative estimate of drug-likeness (QED) is 0.669. The van der Waals surface area contributed by atoms with E-state index in [-0.39, 0.29) is 0 Å². The van der Waals surface area contributed by atoms with Crippen LogP contribution in [0.2, 0.25) is 0 Å². The number of rotatable bonds is 1. The lowest BCUT2D eigenvalue weighted by Gasteiger charge is -2.40. The second kappa shape index (κ2) is 3.97. The summed E-state index contributed by atoms with van der Waals surface area (Å²) in [7, 11) is 0. The van der Waals surface area contributed by atoms with Gasteiger partial charge < -0.3 is 10.1 Å². The van der Waals surface area contributed by atoms with Gasteiger partial charge in [0.1, 0.15) is 0 Å². The molecule has 0 bridgehead atoms. The molecule has 2 heteroatoms. The van der Waals surface area contributed by atoms with Crippen LogP contribution in [0.5, 0.6) is 0 Å². The Bertz CT molecular complexity index is 169. The largest absolute Gasteiger partial charge is 0.375 e. The maximum Gasteiger partial charge on any atom is 0.0731 e. The summed E-state index contributed by atoms with van der Waals surface area (Å²) in [6, 6.07) is 0.656. The summed E-state index contributed by atoms with van der Waals surface area (Å²) in [5, 5.41) is 3.56. The molecule has 0 aromatic carbocycles. The van der Waals surface area contributed by atoms with Crippen LogP contribution < -0.4 is 5.32 Å². The third kappa shape index (κ3) is 2.05. The maximum absolute atomic E-state index is 5.80. The van der Waals surface area contributed by atoms with Crippen molar-refractivity contribution in [2.75, 3.05) is 13.2 Å². The predicted octanol–water partition coefficient (Wildman–Crippen LogP) is 1.80. The van der Waals surface area contributed by atoms with Gasteiger partial charge in [-0.15, -0.1) is 0 Å². The van der Waals surface area contributed by atoms with Gasteiger partial charge in [-0.05, 0) is 31.1 Å². The molecular weight excluding hydrogens is 162 g/mol. The second-order valence-corrected chi connectivity index (χ2v) is 4.79. The van der Waals surface area contributed by atoms with E-state index in [1.807, 2.05) is 0 Å². The summed E-state index contributed by atoms with van der Waals surface area (Å²) in [6.45, 7) is 6.63. The molecule has 0 amide bonds. The molecule has 0 spiro atoms. The average Bonchev–Trinajstić information content (AvgIpc) is 2.17. The van der Waals surface area contributed by atoms with Gasteiger partial charge in [0.2, 0.25) is 0 Å². The highest BCUT2D eigenvalue weighted by molar-refractivity contribution is 4.88. The number of nitrogens with one attached hydrogen (secondary N) is 1. The Hall–Kier alpha value is -0.0800. The predicted molar refractivity (Wildman–Crippen MR) is 53.7 cm³/mol. The van der Waals surface area contributed by atoms with Gasteiger partial charge in [-0.2, -0.15) is 0 Å². The molecule has 0 radical (unpaired) electrons. The monoisotopic (exact) mass is 183 g/mol. The van der Waals surface area contributed by atoms with E-state index in [4.69, 9.17) is 4.74 Å². The van der Waals surface area contributed by atoms with Crippen molar-refractivity contribution in [2.24, 2.45) is 11.8 Å². The Labute approximate surface area is 81.0 Å². The van der Waals surface area contributed by atoms with Crippen molar-refractivity contribution >= 4 is 0 Å². The van der Waals surface area contributed by atoms with Gasteiger partial charge in [-0.3, -0.25) is 0 Å². The van der Waals surface area contributed by atoms with Crippen molar-refractivity contribution in [3.63, 3.8) is 0 Å². The number of morpholine rings is 1. The summed E-state index contributed by atoms with van der Waals surface area (Å²) in [6.07, 6.45) is 4.48. The van der Waals surface area contributed by atoms with Crippen molar-refractivity contribution in [3.05, 3.63) is 0 Å². The first-order valence-corrected chi connectivity index (χ1v) is 5.62. The average molecular weight is 183 g/mol. The Kier molecular flexibility index (Phi) is 2.89. The fraction of sp³-hybridized carbons (Fsp3) is 1.00. The lowest BCUT2D eigenvalue weighted by Crippen LogP contribution is -2.51. The highest BCUT2D eigenvalue weighted by Crippen LogP contribution is 2.32. The van der Waals surface area contributed by atoms with Crippen molar-refractivity contribution < 1.29 is 4.74 Å². The Morgan fingerprint density at radius 2 is 2.15 bits per heavy atom. The van der Waals surface area contributed by atoms with Gasteiger partial charge >= 0.3 is 0 Å². The van der Waals surface area contributed by atoms with Gasteiger partial charge in [-0.25, -0.2) is 0 Å². The zero-order chi connectivity index (χ0) is 9.26. The molecule has 3 atom stereocenters. The molecule has 1 N–H and O–H groups in total. The van der Waals surface area contributed by atoms with Crippen molar-refractivity contribution in [3.8, 4) is 0 Å². The van der Waals surface area contributed by atoms with Gasteiger partial charge in [0.05, 0.1) is 12.7 Å². The van der Waals surface area contributed by atoms with Crippen LogP contribution in [0.1, 0.15) is 33.1 Å². The van der Waals surface area contributed by atoms with E-state index < -0.39 is 0 Å². The maximum atomic E-state index is 5.80. The molecule has 1 heterocycles. The molecule has 76 valence electrons. The highest BCUT2D eigenvalue weighted by Gasteiger charge is 2.33. The van der Waals surface area contributed by atoms with Gasteiger partial charge in [0.25, 0.3) is 0 Å². The first kappa shape index (κ1) is 9.47. The Morgan fingerprint density at radius 1 is 1.31 bits per heavy atom. The SMILES string of the molecule is CC(C)C1CCC2NCCOC2C1. The van der Waals surface area contributed by atoms with Gasteiger partial charge in [-0.1, -0.05) is 13.8 Å². The first-order chi connectivity index (χ1) is 6.27. The zero-order valence-electron chi connectivity index (χ0n) is 8.75. The lowest BCUT2D eigenvalue weighted by atomic mass is 9.77. The van der Waals surface area contributed by atoms with E-state index in [2.05, 4.69) is 19.2 Å². The number of hydrogen-bond donors (Lipinski definition) is 1. The van der Waals surface area contributed by atoms with E-state index in [0.717, 1.165) is 25.0 Å². The number of ether oxygens (including phenoxy) is 1. The third-order valence-corrected chi connectivity index (χ3v) is 3.62. The smallest absolute Gasteiger partial charge is 0.0731 e. The van der Waals surface area contributed by atoms with Crippen LogP contribution in [0.4, 0.5) is 0 Å². The molecule has 1 saturated carbocycles. The molecule has 0 aromatic heterocycles. The van der Waals surface area contributed by atoms with Crippen LogP contribution in [0.15, 0.2) is 0 Å². The molecule has 1 saturated heterocycles. The topological polar surface area (TPSA) is 21.3 Å². The molecule has 2 rings (SSSR count). The van der Waals surface area contributed by atoms with Crippen LogP contribution >= 0.6 is 0 Å². The van der Waals surface area contributed by atoms with Crippen LogP contribution in [-0.4, -0.2) is 25.3 Å². The highest BCUT2D eigenvalue weighted by atomic mass is 16.5. The van der Waals surface area contributed by atoms with E-state index in [9.17, 15) is 0 Å². The molecule has 0 aromatic rings. The number of fused-ring (bicyclic) bond motifs is 1. The second-order valence-electron chi connectivity index (χ2n) is 4.79. The molecule has 2 aliphatic rings. The molecule has 3 unspecified atom stereocenters. The van der Waals surface area contributed by atoms with E-state index in [0.29, 0.717) is 12.1 Å². The lowest BCUT2D eigenvalue weighted by molar-refractivity contribution is -0.0427. The van der Waals surface area contributed by atoms with E-state index in [1.54, 1.807) is 0 Å². The number of hydrogen-bond acceptors (Lipinski definition) is 2. The minimum Gasteiger partial charge on any atom is -0.375 e. The summed E-state index contributed by atoms with van der Waals surface area (Å²) in [4.78, 5) is 0. The van der Waals surface area contributed by atoms with Crippen LogP contribution in [0.3, 0.4) is 0 Å². The molecule has 2 fully saturated rings. The van der Waals surface area contributed by atoms with E-state index >= 15 is 0 Å². The molecule has 1 aliphatic carbocycles. The fourth-order valence-corrected chi connectivity index (χ4v) is 2.64. The fourth-order valence-electron chi connectivity index (χ4n) is 2.64. The summed E-state index contributed by atoms with van der Waals surface area (Å²) < 4.78 is 5.80. The van der Waals surface area contributed by atoms with Crippen molar-refractivity contribution in [2.45, 2.75) is 45.3 Å². The van der Waals surface area contributed by atoms with Crippen LogP contribution in [0.25, 0.3) is 0 Å². The van der Waals surface area contributed by atoms with E-state index in [1.165, 1.54) is 19.3 Å². The summed E-state index contributed by atoms with van der Waals surface area (Å²) >= 11 is 0. The Morgan fingerprint density at radius 3 is 2.92 bits per heavy atom.